The molecular formula is C16H24N2O6S2. The number of hydrogen-bond donors (Lipinski definition) is 2. The Balaban J connectivity index is 0.00000163. The Labute approximate surface area is 160 Å². The number of amides is 3. The molecule has 10 heteroatoms. The fraction of sp³-hybridized carbons (Fsp3) is 0.688. The van der Waals surface area contributed by atoms with Gasteiger partial charge in [-0.05, 0) is 0 Å². The molecule has 3 atom stereocenters. The summed E-state index contributed by atoms with van der Waals surface area (Å²) < 4.78 is 0. The fourth-order valence-electron chi connectivity index (χ4n) is 2.62. The molecule has 26 heavy (non-hydrogen) atoms. The third-order valence-electron chi connectivity index (χ3n) is 3.95. The van der Waals surface area contributed by atoms with E-state index in [9.17, 15) is 24.0 Å². The van der Waals surface area contributed by atoms with Gasteiger partial charge in [-0.3, -0.25) is 28.9 Å². The number of aliphatic hydroxyl groups excluding tert-OH is 1. The number of rotatable bonds is 7. The Morgan fingerprint density at radius 3 is 2.46 bits per heavy atom. The van der Waals surface area contributed by atoms with Crippen molar-refractivity contribution in [3.05, 3.63) is 0 Å². The molecular weight excluding hydrogens is 380 g/mol. The van der Waals surface area contributed by atoms with Gasteiger partial charge in [0.1, 0.15) is 24.2 Å². The number of Topliss-reactive ketones (excluding diaryl/α,β-unsaturated/α-hetero) is 2. The fourth-order valence-corrected chi connectivity index (χ4v) is 4.94. The second kappa shape index (κ2) is 10.7. The number of ketones is 2. The molecule has 0 radical (unpaired) electrons. The van der Waals surface area contributed by atoms with Crippen molar-refractivity contribution in [3.63, 3.8) is 0 Å². The van der Waals surface area contributed by atoms with E-state index in [1.165, 1.54) is 11.8 Å². The summed E-state index contributed by atoms with van der Waals surface area (Å²) in [4.78, 5) is 59.8. The van der Waals surface area contributed by atoms with Crippen molar-refractivity contribution >= 4 is 52.8 Å². The summed E-state index contributed by atoms with van der Waals surface area (Å²) in [5.74, 6) is -3.06. The number of aliphatic hydroxyl groups is 1. The molecule has 3 unspecified atom stereocenters. The van der Waals surface area contributed by atoms with E-state index in [0.29, 0.717) is 11.5 Å². The lowest BCUT2D eigenvalue weighted by Gasteiger charge is -2.23. The third kappa shape index (κ3) is 5.55. The normalized spacial score (nSPS) is 24.1. The highest BCUT2D eigenvalue weighted by Gasteiger charge is 2.40. The number of likely N-dealkylation sites (tertiary alicyclic amines) is 1. The zero-order valence-corrected chi connectivity index (χ0v) is 16.4. The third-order valence-corrected chi connectivity index (χ3v) is 6.41. The molecule has 8 nitrogen and oxygen atoms in total. The van der Waals surface area contributed by atoms with Crippen LogP contribution in [0.1, 0.15) is 26.7 Å². The van der Waals surface area contributed by atoms with E-state index in [4.69, 9.17) is 10.8 Å². The molecule has 0 aliphatic carbocycles. The van der Waals surface area contributed by atoms with Gasteiger partial charge in [-0.25, -0.2) is 0 Å². The molecule has 2 fully saturated rings. The van der Waals surface area contributed by atoms with Crippen LogP contribution in [-0.2, 0) is 24.0 Å². The zero-order chi connectivity index (χ0) is 19.9. The molecule has 2 aliphatic rings. The van der Waals surface area contributed by atoms with Crippen LogP contribution in [0.15, 0.2) is 0 Å². The van der Waals surface area contributed by atoms with Gasteiger partial charge in [0.05, 0.1) is 11.0 Å². The lowest BCUT2D eigenvalue weighted by atomic mass is 9.91. The molecule has 0 bridgehead atoms. The lowest BCUT2D eigenvalue weighted by molar-refractivity contribution is -0.142. The molecule has 3 amide bonds. The van der Waals surface area contributed by atoms with E-state index in [1.54, 1.807) is 0 Å². The highest BCUT2D eigenvalue weighted by molar-refractivity contribution is 8.00. The van der Waals surface area contributed by atoms with Crippen molar-refractivity contribution < 1.29 is 29.1 Å². The maximum absolute atomic E-state index is 12.5. The second-order valence-corrected chi connectivity index (χ2v) is 7.91. The van der Waals surface area contributed by atoms with E-state index in [0.717, 1.165) is 16.7 Å². The van der Waals surface area contributed by atoms with E-state index in [2.05, 4.69) is 0 Å². The number of primary amides is 1. The Bertz CT molecular complexity index is 583. The molecule has 2 heterocycles. The number of nitrogens with two attached hydrogens (primary N) is 1. The number of carbonyl (C=O) groups excluding carboxylic acids is 5. The summed E-state index contributed by atoms with van der Waals surface area (Å²) in [6.07, 6.45) is 0.0287. The van der Waals surface area contributed by atoms with Gasteiger partial charge >= 0.3 is 0 Å². The summed E-state index contributed by atoms with van der Waals surface area (Å²) in [6, 6.07) is 0. The first-order chi connectivity index (χ1) is 12.3. The van der Waals surface area contributed by atoms with Crippen molar-refractivity contribution in [2.24, 2.45) is 17.6 Å². The minimum atomic E-state index is -1.10. The molecule has 2 rings (SSSR count). The van der Waals surface area contributed by atoms with Crippen molar-refractivity contribution in [3.8, 4) is 0 Å². The number of hydrogen-bond acceptors (Lipinski definition) is 8. The SMILES string of the molecule is CC.NC(=O)C(CSC1CC(=O)N(CO)C1=O)C(=O)C1CSCC(=O)C1. The first-order valence-corrected chi connectivity index (χ1v) is 10.5. The van der Waals surface area contributed by atoms with Crippen molar-refractivity contribution in [1.29, 1.82) is 0 Å². The Kier molecular flexibility index (Phi) is 9.31. The minimum absolute atomic E-state index is 0.0214. The highest BCUT2D eigenvalue weighted by Crippen LogP contribution is 2.29. The molecule has 2 saturated heterocycles. The van der Waals surface area contributed by atoms with Gasteiger partial charge in [0.25, 0.3) is 0 Å². The minimum Gasteiger partial charge on any atom is -0.376 e. The van der Waals surface area contributed by atoms with Gasteiger partial charge in [0.2, 0.25) is 17.7 Å². The lowest BCUT2D eigenvalue weighted by Crippen LogP contribution is -2.39. The molecule has 0 spiro atoms. The van der Waals surface area contributed by atoms with Crippen LogP contribution in [0.3, 0.4) is 0 Å². The van der Waals surface area contributed by atoms with Gasteiger partial charge in [-0.1, -0.05) is 13.8 Å². The van der Waals surface area contributed by atoms with Gasteiger partial charge in [-0.15, -0.1) is 11.8 Å². The monoisotopic (exact) mass is 404 g/mol. The van der Waals surface area contributed by atoms with Crippen LogP contribution in [0.5, 0.6) is 0 Å². The molecule has 2 aliphatic heterocycles. The van der Waals surface area contributed by atoms with Crippen LogP contribution in [0.2, 0.25) is 0 Å². The predicted octanol–water partition coefficient (Wildman–Crippen LogP) is -0.184. The van der Waals surface area contributed by atoms with Gasteiger partial charge in [0, 0.05) is 30.3 Å². The van der Waals surface area contributed by atoms with E-state index in [1.807, 2.05) is 13.8 Å². The first-order valence-electron chi connectivity index (χ1n) is 8.34. The first kappa shape index (κ1) is 22.7. The summed E-state index contributed by atoms with van der Waals surface area (Å²) >= 11 is 2.36. The average Bonchev–Trinajstić information content (AvgIpc) is 2.89. The summed E-state index contributed by atoms with van der Waals surface area (Å²) in [7, 11) is 0. The smallest absolute Gasteiger partial charge is 0.244 e. The van der Waals surface area contributed by atoms with E-state index < -0.39 is 41.5 Å². The van der Waals surface area contributed by atoms with Crippen molar-refractivity contribution in [2.45, 2.75) is 31.9 Å². The van der Waals surface area contributed by atoms with Crippen LogP contribution in [-0.4, -0.2) is 68.5 Å². The standard InChI is InChI=1S/C14H18N2O6S2.C2H6/c15-13(21)9(12(20)7-1-8(18)4-23-3-7)5-24-10-2-11(19)16(6-17)14(10)22;1-2/h7,9-10,17H,1-6H2,(H2,15,21);1-2H3. The number of imide groups is 1. The number of carbonyl (C=O) groups is 5. The molecule has 0 aromatic carbocycles. The molecule has 0 aromatic rings. The molecule has 0 saturated carbocycles. The van der Waals surface area contributed by atoms with E-state index in [-0.39, 0.29) is 30.2 Å². The summed E-state index contributed by atoms with van der Waals surface area (Å²) in [6.45, 7) is 3.31. The van der Waals surface area contributed by atoms with Gasteiger partial charge in [0.15, 0.2) is 0 Å². The Hall–Kier alpha value is -1.39. The Morgan fingerprint density at radius 2 is 1.96 bits per heavy atom. The molecule has 0 aromatic heterocycles. The molecule has 3 N–H and O–H groups in total. The topological polar surface area (TPSA) is 135 Å². The average molecular weight is 405 g/mol. The van der Waals surface area contributed by atoms with Crippen LogP contribution in [0, 0.1) is 11.8 Å². The predicted molar refractivity (Wildman–Crippen MR) is 99.3 cm³/mol. The highest BCUT2D eigenvalue weighted by atomic mass is 32.2. The zero-order valence-electron chi connectivity index (χ0n) is 14.8. The van der Waals surface area contributed by atoms with Gasteiger partial charge in [-0.2, -0.15) is 11.8 Å². The van der Waals surface area contributed by atoms with Crippen molar-refractivity contribution in [2.75, 3.05) is 24.0 Å². The Morgan fingerprint density at radius 1 is 1.31 bits per heavy atom. The number of nitrogens with zero attached hydrogens (tertiary/aromatic N) is 1. The summed E-state index contributed by atoms with van der Waals surface area (Å²) in [5.41, 5.74) is 5.31. The largest absolute Gasteiger partial charge is 0.376 e. The maximum Gasteiger partial charge on any atom is 0.244 e. The molecule has 146 valence electrons. The second-order valence-electron chi connectivity index (χ2n) is 5.64. The van der Waals surface area contributed by atoms with Crippen LogP contribution in [0.25, 0.3) is 0 Å². The van der Waals surface area contributed by atoms with E-state index >= 15 is 0 Å². The summed E-state index contributed by atoms with van der Waals surface area (Å²) in [5, 5.41) is 8.25. The maximum atomic E-state index is 12.5. The van der Waals surface area contributed by atoms with Crippen LogP contribution >= 0.6 is 23.5 Å². The van der Waals surface area contributed by atoms with Crippen LogP contribution < -0.4 is 5.73 Å². The van der Waals surface area contributed by atoms with Crippen molar-refractivity contribution in [1.82, 2.24) is 4.90 Å². The van der Waals surface area contributed by atoms with Crippen LogP contribution in [0.4, 0.5) is 0 Å². The van der Waals surface area contributed by atoms with Gasteiger partial charge < -0.3 is 10.8 Å². The number of thioether (sulfide) groups is 2. The quantitative estimate of drug-likeness (QED) is 0.440.